The van der Waals surface area contributed by atoms with Crippen molar-refractivity contribution in [2.24, 2.45) is 0 Å². The molecule has 0 saturated heterocycles. The van der Waals surface area contributed by atoms with Gasteiger partial charge < -0.3 is 4.74 Å². The number of rotatable bonds is 10. The summed E-state index contributed by atoms with van der Waals surface area (Å²) in [6.07, 6.45) is -8.28. The summed E-state index contributed by atoms with van der Waals surface area (Å²) in [6.45, 7) is 4.22. The molecule has 0 atom stereocenters. The van der Waals surface area contributed by atoms with E-state index in [4.69, 9.17) is 0 Å². The van der Waals surface area contributed by atoms with E-state index in [9.17, 15) is 26.7 Å². The Morgan fingerprint density at radius 2 is 1.59 bits per heavy atom. The second-order valence-electron chi connectivity index (χ2n) is 9.39. The average molecular weight is 544 g/mol. The van der Waals surface area contributed by atoms with Crippen molar-refractivity contribution < 1.29 is 31.5 Å². The number of nitrogens with zero attached hydrogens (tertiary/aromatic N) is 3. The third kappa shape index (κ3) is 6.87. The van der Waals surface area contributed by atoms with Gasteiger partial charge in [-0.25, -0.2) is 9.67 Å². The molecule has 0 aliphatic rings. The quantitative estimate of drug-likeness (QED) is 0.197. The Balaban J connectivity index is 1.35. The van der Waals surface area contributed by atoms with Gasteiger partial charge in [-0.1, -0.05) is 62.4 Å². The molecule has 1 aromatic heterocycles. The summed E-state index contributed by atoms with van der Waals surface area (Å²) in [5.41, 5.74) is 4.37. The lowest BCUT2D eigenvalue weighted by Crippen LogP contribution is -2.41. The maximum atomic E-state index is 13.1. The van der Waals surface area contributed by atoms with Gasteiger partial charge in [-0.3, -0.25) is 4.79 Å². The molecule has 204 valence electrons. The predicted octanol–water partition coefficient (Wildman–Crippen LogP) is 7.34. The molecular weight excluding hydrogens is 517 g/mol. The number of aryl methyl sites for hydroxylation is 1. The van der Waals surface area contributed by atoms with E-state index < -0.39 is 18.0 Å². The van der Waals surface area contributed by atoms with Crippen molar-refractivity contribution in [3.8, 4) is 22.8 Å². The number of ether oxygens (including phenoxy) is 1. The Morgan fingerprint density at radius 1 is 0.923 bits per heavy atom. The fourth-order valence-corrected chi connectivity index (χ4v) is 4.06. The lowest BCUT2D eigenvalue weighted by Gasteiger charge is -2.20. The summed E-state index contributed by atoms with van der Waals surface area (Å²) in [6, 6.07) is 20.0. The van der Waals surface area contributed by atoms with Crippen LogP contribution < -0.4 is 4.74 Å². The molecule has 0 aliphatic carbocycles. The second kappa shape index (κ2) is 11.3. The van der Waals surface area contributed by atoms with E-state index in [-0.39, 0.29) is 5.78 Å². The Bertz CT molecular complexity index is 1410. The molecule has 0 spiro atoms. The molecule has 39 heavy (non-hydrogen) atoms. The number of ketones is 1. The number of halogens is 5. The fourth-order valence-electron chi connectivity index (χ4n) is 4.06. The minimum absolute atomic E-state index is 0.172. The Kier molecular flexibility index (Phi) is 8.13. The zero-order valence-electron chi connectivity index (χ0n) is 21.3. The first-order valence-electron chi connectivity index (χ1n) is 12.3. The number of benzene rings is 3. The second-order valence-corrected chi connectivity index (χ2v) is 9.39. The summed E-state index contributed by atoms with van der Waals surface area (Å²) in [7, 11) is 0. The summed E-state index contributed by atoms with van der Waals surface area (Å²) in [4.78, 5) is 16.8. The minimum Gasteiger partial charge on any atom is -0.426 e. The SMILES string of the molecule is CC(C)c1ccccc1CC(=O)CCc1ccc(-c2ncn(-c3ccc(OC(F)(F)C(F)(F)F)cc3)n2)cc1. The number of carbonyl (C=O) groups excluding carboxylic acids is 1. The summed E-state index contributed by atoms with van der Waals surface area (Å²) in [5, 5.41) is 4.35. The van der Waals surface area contributed by atoms with E-state index in [0.717, 1.165) is 28.8 Å². The topological polar surface area (TPSA) is 57.0 Å². The number of Topliss-reactive ketones (excluding diaryl/α,β-unsaturated/α-hetero) is 1. The zero-order chi connectivity index (χ0) is 28.2. The van der Waals surface area contributed by atoms with Gasteiger partial charge in [-0.2, -0.15) is 22.0 Å². The maximum Gasteiger partial charge on any atom is 0.499 e. The molecule has 0 N–H and O–H groups in total. The van der Waals surface area contributed by atoms with Crippen LogP contribution >= 0.6 is 0 Å². The first-order valence-corrected chi connectivity index (χ1v) is 12.3. The normalized spacial score (nSPS) is 12.1. The zero-order valence-corrected chi connectivity index (χ0v) is 21.3. The summed E-state index contributed by atoms with van der Waals surface area (Å²) >= 11 is 0. The number of carbonyl (C=O) groups is 1. The van der Waals surface area contributed by atoms with Crippen LogP contribution in [0.5, 0.6) is 5.75 Å². The van der Waals surface area contributed by atoms with E-state index in [2.05, 4.69) is 34.7 Å². The molecule has 10 heteroatoms. The van der Waals surface area contributed by atoms with Crippen LogP contribution in [0, 0.1) is 0 Å². The molecule has 0 bridgehead atoms. The van der Waals surface area contributed by atoms with Crippen molar-refractivity contribution in [2.75, 3.05) is 0 Å². The molecule has 3 aromatic carbocycles. The van der Waals surface area contributed by atoms with Gasteiger partial charge in [-0.05, 0) is 53.3 Å². The molecule has 0 radical (unpaired) electrons. The van der Waals surface area contributed by atoms with Crippen LogP contribution in [0.25, 0.3) is 17.1 Å². The van der Waals surface area contributed by atoms with Crippen molar-refractivity contribution in [2.45, 2.75) is 51.3 Å². The molecule has 5 nitrogen and oxygen atoms in total. The highest BCUT2D eigenvalue weighted by molar-refractivity contribution is 5.81. The van der Waals surface area contributed by atoms with E-state index in [1.165, 1.54) is 28.7 Å². The highest BCUT2D eigenvalue weighted by atomic mass is 19.4. The van der Waals surface area contributed by atoms with Gasteiger partial charge in [0.15, 0.2) is 5.82 Å². The Labute approximate surface area is 222 Å². The molecule has 0 saturated carbocycles. The number of alkyl halides is 5. The van der Waals surface area contributed by atoms with Crippen LogP contribution in [-0.4, -0.2) is 32.8 Å². The smallest absolute Gasteiger partial charge is 0.426 e. The highest BCUT2D eigenvalue weighted by Crippen LogP contribution is 2.37. The van der Waals surface area contributed by atoms with Gasteiger partial charge in [-0.15, -0.1) is 5.10 Å². The standard InChI is InChI=1S/C29H26F5N3O2/c1-19(2)26-6-4-3-5-22(26)17-24(38)14-9-20-7-10-21(11-8-20)27-35-18-37(36-27)23-12-15-25(16-13-23)39-29(33,34)28(30,31)32/h3-8,10-13,15-16,18-19H,9,14,17H2,1-2H3. The van der Waals surface area contributed by atoms with Crippen LogP contribution in [0.15, 0.2) is 79.1 Å². The van der Waals surface area contributed by atoms with Crippen molar-refractivity contribution in [1.82, 2.24) is 14.8 Å². The van der Waals surface area contributed by atoms with Gasteiger partial charge in [0.2, 0.25) is 0 Å². The lowest BCUT2D eigenvalue weighted by atomic mass is 9.93. The number of hydrogen-bond donors (Lipinski definition) is 0. The lowest BCUT2D eigenvalue weighted by molar-refractivity contribution is -0.360. The molecule has 0 aliphatic heterocycles. The third-order valence-electron chi connectivity index (χ3n) is 6.14. The van der Waals surface area contributed by atoms with Gasteiger partial charge in [0, 0.05) is 18.4 Å². The Hall–Kier alpha value is -4.08. The average Bonchev–Trinajstić information content (AvgIpc) is 3.38. The maximum absolute atomic E-state index is 13.1. The largest absolute Gasteiger partial charge is 0.499 e. The van der Waals surface area contributed by atoms with Gasteiger partial charge >= 0.3 is 12.3 Å². The van der Waals surface area contributed by atoms with E-state index >= 15 is 0 Å². The van der Waals surface area contributed by atoms with Crippen molar-refractivity contribution >= 4 is 5.78 Å². The van der Waals surface area contributed by atoms with Crippen LogP contribution in [0.4, 0.5) is 22.0 Å². The molecule has 0 amide bonds. The van der Waals surface area contributed by atoms with Crippen LogP contribution in [0.1, 0.15) is 42.9 Å². The molecular formula is C29H26F5N3O2. The molecule has 4 rings (SSSR count). The van der Waals surface area contributed by atoms with Crippen molar-refractivity contribution in [3.63, 3.8) is 0 Å². The van der Waals surface area contributed by atoms with E-state index in [1.807, 2.05) is 42.5 Å². The molecule has 4 aromatic rings. The Morgan fingerprint density at radius 3 is 2.23 bits per heavy atom. The van der Waals surface area contributed by atoms with Crippen molar-refractivity contribution in [3.05, 3.63) is 95.8 Å². The molecule has 0 unspecified atom stereocenters. The predicted molar refractivity (Wildman–Crippen MR) is 136 cm³/mol. The fraction of sp³-hybridized carbons (Fsp3) is 0.276. The molecule has 1 heterocycles. The van der Waals surface area contributed by atoms with Gasteiger partial charge in [0.05, 0.1) is 5.69 Å². The first kappa shape index (κ1) is 27.9. The first-order chi connectivity index (χ1) is 18.4. The molecule has 0 fully saturated rings. The van der Waals surface area contributed by atoms with Crippen LogP contribution in [0.3, 0.4) is 0 Å². The van der Waals surface area contributed by atoms with Gasteiger partial charge in [0.1, 0.15) is 17.9 Å². The summed E-state index contributed by atoms with van der Waals surface area (Å²) < 4.78 is 68.3. The van der Waals surface area contributed by atoms with Crippen LogP contribution in [-0.2, 0) is 17.6 Å². The highest BCUT2D eigenvalue weighted by Gasteiger charge is 2.61. The minimum atomic E-state index is -5.82. The monoisotopic (exact) mass is 543 g/mol. The number of hydrogen-bond acceptors (Lipinski definition) is 4. The van der Waals surface area contributed by atoms with E-state index in [1.54, 1.807) is 0 Å². The van der Waals surface area contributed by atoms with Crippen LogP contribution in [0.2, 0.25) is 0 Å². The van der Waals surface area contributed by atoms with Gasteiger partial charge in [0.25, 0.3) is 0 Å². The summed E-state index contributed by atoms with van der Waals surface area (Å²) in [5.74, 6) is 0.279. The third-order valence-corrected chi connectivity index (χ3v) is 6.14. The van der Waals surface area contributed by atoms with E-state index in [0.29, 0.717) is 36.7 Å². The number of aromatic nitrogens is 3. The van der Waals surface area contributed by atoms with Crippen molar-refractivity contribution in [1.29, 1.82) is 0 Å².